The van der Waals surface area contributed by atoms with Crippen LogP contribution in [-0.4, -0.2) is 37.2 Å². The van der Waals surface area contributed by atoms with E-state index in [1.165, 1.54) is 231 Å². The number of ether oxygens (including phenoxy) is 3. The van der Waals surface area contributed by atoms with Gasteiger partial charge in [-0.05, 0) is 44.9 Å². The molecule has 6 nitrogen and oxygen atoms in total. The van der Waals surface area contributed by atoms with E-state index in [9.17, 15) is 14.4 Å². The van der Waals surface area contributed by atoms with Crippen LogP contribution in [-0.2, 0) is 28.6 Å². The number of carbonyl (C=O) groups excluding carboxylic acids is 3. The van der Waals surface area contributed by atoms with Crippen molar-refractivity contribution in [3.05, 3.63) is 12.2 Å². The van der Waals surface area contributed by atoms with Crippen molar-refractivity contribution in [1.82, 2.24) is 0 Å². The summed E-state index contributed by atoms with van der Waals surface area (Å²) in [6, 6.07) is 0. The van der Waals surface area contributed by atoms with Gasteiger partial charge in [-0.25, -0.2) is 0 Å². The number of allylic oxidation sites excluding steroid dienone is 2. The zero-order valence-corrected chi connectivity index (χ0v) is 44.7. The van der Waals surface area contributed by atoms with Crippen LogP contribution in [0.2, 0.25) is 0 Å². The van der Waals surface area contributed by atoms with Gasteiger partial charge in [-0.15, -0.1) is 0 Å². The zero-order chi connectivity index (χ0) is 47.9. The summed E-state index contributed by atoms with van der Waals surface area (Å²) < 4.78 is 16.9. The Hall–Kier alpha value is -1.85. The Balaban J connectivity index is 4.32. The molecule has 390 valence electrons. The maximum atomic E-state index is 12.9. The number of rotatable bonds is 55. The fourth-order valence-electron chi connectivity index (χ4n) is 9.03. The Morgan fingerprint density at radius 3 is 0.773 bits per heavy atom. The van der Waals surface area contributed by atoms with E-state index in [4.69, 9.17) is 14.2 Å². The zero-order valence-electron chi connectivity index (χ0n) is 44.7. The number of carbonyl (C=O) groups is 3. The van der Waals surface area contributed by atoms with E-state index in [0.717, 1.165) is 64.2 Å². The molecule has 0 aliphatic rings. The van der Waals surface area contributed by atoms with Gasteiger partial charge in [0.2, 0.25) is 0 Å². The normalized spacial score (nSPS) is 12.0. The fraction of sp³-hybridized carbons (Fsp3) is 0.917. The van der Waals surface area contributed by atoms with Gasteiger partial charge >= 0.3 is 17.9 Å². The van der Waals surface area contributed by atoms with Crippen LogP contribution in [0.25, 0.3) is 0 Å². The molecule has 0 rings (SSSR count). The standard InChI is InChI=1S/C60H114O6/c1-4-7-10-13-16-19-22-25-28-30-32-35-38-41-44-47-50-53-59(62)65-56-57(55-64-58(61)52-49-46-43-40-37-34-27-24-21-18-15-12-9-6-3)66-60(63)54-51-48-45-42-39-36-33-31-29-26-23-20-17-14-11-8-5-2/h34,37,57H,4-33,35-36,38-56H2,1-3H3/b37-34-. The predicted octanol–water partition coefficient (Wildman–Crippen LogP) is 19.7. The van der Waals surface area contributed by atoms with E-state index >= 15 is 0 Å². The van der Waals surface area contributed by atoms with Crippen LogP contribution in [0.5, 0.6) is 0 Å². The molecule has 1 atom stereocenters. The first-order valence-corrected chi connectivity index (χ1v) is 29.7. The maximum Gasteiger partial charge on any atom is 0.306 e. The third kappa shape index (κ3) is 53.1. The van der Waals surface area contributed by atoms with Crippen LogP contribution < -0.4 is 0 Å². The molecule has 0 aliphatic heterocycles. The van der Waals surface area contributed by atoms with Gasteiger partial charge in [-0.3, -0.25) is 14.4 Å². The van der Waals surface area contributed by atoms with E-state index < -0.39 is 6.10 Å². The van der Waals surface area contributed by atoms with Crippen molar-refractivity contribution in [2.75, 3.05) is 13.2 Å². The first kappa shape index (κ1) is 64.2. The minimum atomic E-state index is -0.770. The van der Waals surface area contributed by atoms with Crippen LogP contribution in [0.3, 0.4) is 0 Å². The number of hydrogen-bond donors (Lipinski definition) is 0. The molecule has 0 amide bonds. The van der Waals surface area contributed by atoms with Crippen molar-refractivity contribution in [3.8, 4) is 0 Å². The highest BCUT2D eigenvalue weighted by Crippen LogP contribution is 2.17. The topological polar surface area (TPSA) is 78.9 Å². The van der Waals surface area contributed by atoms with Crippen molar-refractivity contribution in [3.63, 3.8) is 0 Å². The van der Waals surface area contributed by atoms with Gasteiger partial charge in [0.05, 0.1) is 0 Å². The van der Waals surface area contributed by atoms with Crippen molar-refractivity contribution in [1.29, 1.82) is 0 Å². The third-order valence-electron chi connectivity index (χ3n) is 13.5. The fourth-order valence-corrected chi connectivity index (χ4v) is 9.03. The lowest BCUT2D eigenvalue weighted by Gasteiger charge is -2.18. The smallest absolute Gasteiger partial charge is 0.306 e. The number of unbranched alkanes of at least 4 members (excludes halogenated alkanes) is 42. The Labute approximate surface area is 411 Å². The molecule has 0 bridgehead atoms. The molecule has 0 saturated heterocycles. The summed E-state index contributed by atoms with van der Waals surface area (Å²) in [7, 11) is 0. The third-order valence-corrected chi connectivity index (χ3v) is 13.5. The molecule has 0 fully saturated rings. The lowest BCUT2D eigenvalue weighted by molar-refractivity contribution is -0.167. The van der Waals surface area contributed by atoms with Crippen molar-refractivity contribution in [2.45, 2.75) is 341 Å². The van der Waals surface area contributed by atoms with Gasteiger partial charge < -0.3 is 14.2 Å². The first-order valence-electron chi connectivity index (χ1n) is 29.7. The minimum absolute atomic E-state index is 0.0684. The van der Waals surface area contributed by atoms with E-state index in [2.05, 4.69) is 32.9 Å². The summed E-state index contributed by atoms with van der Waals surface area (Å²) in [5, 5.41) is 0. The van der Waals surface area contributed by atoms with Crippen LogP contribution in [0.4, 0.5) is 0 Å². The second-order valence-electron chi connectivity index (χ2n) is 20.3. The van der Waals surface area contributed by atoms with Crippen molar-refractivity contribution in [2.24, 2.45) is 0 Å². The molecule has 0 aromatic heterocycles. The minimum Gasteiger partial charge on any atom is -0.462 e. The number of hydrogen-bond acceptors (Lipinski definition) is 6. The summed E-state index contributed by atoms with van der Waals surface area (Å²) in [5.41, 5.74) is 0. The molecule has 0 aromatic rings. The van der Waals surface area contributed by atoms with Crippen LogP contribution in [0, 0.1) is 0 Å². The predicted molar refractivity (Wildman–Crippen MR) is 284 cm³/mol. The van der Waals surface area contributed by atoms with E-state index in [1.54, 1.807) is 0 Å². The molecule has 66 heavy (non-hydrogen) atoms. The quantitative estimate of drug-likeness (QED) is 0.0262. The highest BCUT2D eigenvalue weighted by molar-refractivity contribution is 5.71. The summed E-state index contributed by atoms with van der Waals surface area (Å²) in [5.74, 6) is -0.859. The Morgan fingerprint density at radius 1 is 0.288 bits per heavy atom. The van der Waals surface area contributed by atoms with Gasteiger partial charge in [0.15, 0.2) is 6.10 Å². The highest BCUT2D eigenvalue weighted by Gasteiger charge is 2.19. The molecule has 1 unspecified atom stereocenters. The largest absolute Gasteiger partial charge is 0.462 e. The Kier molecular flexibility index (Phi) is 54.2. The molecule has 0 heterocycles. The monoisotopic (exact) mass is 931 g/mol. The van der Waals surface area contributed by atoms with Crippen molar-refractivity contribution >= 4 is 17.9 Å². The molecular formula is C60H114O6. The van der Waals surface area contributed by atoms with Gasteiger partial charge in [-0.1, -0.05) is 283 Å². The van der Waals surface area contributed by atoms with E-state index in [-0.39, 0.29) is 31.1 Å². The summed E-state index contributed by atoms with van der Waals surface area (Å²) in [6.45, 7) is 6.69. The van der Waals surface area contributed by atoms with Gasteiger partial charge in [0.25, 0.3) is 0 Å². The SMILES string of the molecule is CCCCCCCCC/C=C\CCCCCC(=O)OCC(COC(=O)CCCCCCCCCCCCCCCCCCC)OC(=O)CCCCCCCCCCCCCCCCCCC. The second-order valence-corrected chi connectivity index (χ2v) is 20.3. The lowest BCUT2D eigenvalue weighted by Crippen LogP contribution is -2.30. The summed E-state index contributed by atoms with van der Waals surface area (Å²) in [4.78, 5) is 38.2. The molecule has 0 aromatic carbocycles. The van der Waals surface area contributed by atoms with E-state index in [0.29, 0.717) is 19.3 Å². The molecule has 0 N–H and O–H groups in total. The highest BCUT2D eigenvalue weighted by atomic mass is 16.6. The second kappa shape index (κ2) is 55.7. The summed E-state index contributed by atoms with van der Waals surface area (Å²) in [6.07, 6.45) is 63.5. The summed E-state index contributed by atoms with van der Waals surface area (Å²) >= 11 is 0. The van der Waals surface area contributed by atoms with Gasteiger partial charge in [-0.2, -0.15) is 0 Å². The Morgan fingerprint density at radius 2 is 0.500 bits per heavy atom. The van der Waals surface area contributed by atoms with Crippen LogP contribution in [0.15, 0.2) is 12.2 Å². The average molecular weight is 932 g/mol. The lowest BCUT2D eigenvalue weighted by atomic mass is 10.0. The molecule has 0 aliphatic carbocycles. The molecular weight excluding hydrogens is 817 g/mol. The molecule has 6 heteroatoms. The van der Waals surface area contributed by atoms with Gasteiger partial charge in [0, 0.05) is 19.3 Å². The first-order chi connectivity index (χ1) is 32.5. The molecule has 0 radical (unpaired) electrons. The van der Waals surface area contributed by atoms with Crippen LogP contribution in [0.1, 0.15) is 335 Å². The average Bonchev–Trinajstić information content (AvgIpc) is 3.31. The van der Waals surface area contributed by atoms with Crippen LogP contribution >= 0.6 is 0 Å². The van der Waals surface area contributed by atoms with E-state index in [1.807, 2.05) is 0 Å². The van der Waals surface area contributed by atoms with Gasteiger partial charge in [0.1, 0.15) is 13.2 Å². The molecule has 0 spiro atoms. The molecule has 0 saturated carbocycles. The van der Waals surface area contributed by atoms with Crippen molar-refractivity contribution < 1.29 is 28.6 Å². The maximum absolute atomic E-state index is 12.9. The Bertz CT molecular complexity index is 1020. The number of esters is 3.